The Morgan fingerprint density at radius 2 is 2.05 bits per heavy atom. The molecule has 0 bridgehead atoms. The van der Waals surface area contributed by atoms with E-state index in [1.54, 1.807) is 0 Å². The predicted molar refractivity (Wildman–Crippen MR) is 88.8 cm³/mol. The lowest BCUT2D eigenvalue weighted by atomic mass is 9.76. The average Bonchev–Trinajstić information content (AvgIpc) is 2.36. The summed E-state index contributed by atoms with van der Waals surface area (Å²) in [6.07, 6.45) is 5.91. The molecule has 0 radical (unpaired) electrons. The Bertz CT molecular complexity index is 429. The van der Waals surface area contributed by atoms with Crippen molar-refractivity contribution in [1.82, 2.24) is 9.96 Å². The normalized spacial score (nSPS) is 24.0. The van der Waals surface area contributed by atoms with Crippen LogP contribution < -0.4 is 0 Å². The van der Waals surface area contributed by atoms with Crippen molar-refractivity contribution in [1.29, 1.82) is 0 Å². The van der Waals surface area contributed by atoms with Gasteiger partial charge in [0.25, 0.3) is 0 Å². The van der Waals surface area contributed by atoms with Gasteiger partial charge < -0.3 is 9.74 Å². The summed E-state index contributed by atoms with van der Waals surface area (Å²) in [7, 11) is 4.25. The van der Waals surface area contributed by atoms with Crippen molar-refractivity contribution in [2.75, 3.05) is 33.7 Å². The van der Waals surface area contributed by atoms with Crippen molar-refractivity contribution in [3.63, 3.8) is 0 Å². The van der Waals surface area contributed by atoms with E-state index in [1.165, 1.54) is 29.7 Å². The fraction of sp³-hybridized carbons (Fsp3) is 0.778. The van der Waals surface area contributed by atoms with E-state index >= 15 is 0 Å². The van der Waals surface area contributed by atoms with Crippen molar-refractivity contribution < 1.29 is 4.84 Å². The summed E-state index contributed by atoms with van der Waals surface area (Å²) in [4.78, 5) is 8.54. The number of hydroxylamine groups is 2. The van der Waals surface area contributed by atoms with Crippen molar-refractivity contribution in [3.8, 4) is 0 Å². The summed E-state index contributed by atoms with van der Waals surface area (Å²) >= 11 is 0. The molecule has 0 aromatic rings. The molecule has 0 aromatic heterocycles. The Labute approximate surface area is 130 Å². The Balaban J connectivity index is 2.09. The third-order valence-electron chi connectivity index (χ3n) is 4.37. The molecule has 0 saturated carbocycles. The molecule has 1 unspecified atom stereocenters. The topological polar surface area (TPSA) is 15.7 Å². The molecular weight excluding hydrogens is 260 g/mol. The SMILES string of the molecule is CC1=CC(C(C)(C)C)=C2ON(CCCN(C)C)CCC2C1. The van der Waals surface area contributed by atoms with Gasteiger partial charge in [-0.15, -0.1) is 5.06 Å². The minimum atomic E-state index is 0.155. The van der Waals surface area contributed by atoms with Crippen LogP contribution in [0.15, 0.2) is 23.0 Å². The lowest BCUT2D eigenvalue weighted by Crippen LogP contribution is -2.37. The Morgan fingerprint density at radius 1 is 1.33 bits per heavy atom. The molecule has 0 N–H and O–H groups in total. The first-order valence-electron chi connectivity index (χ1n) is 8.27. The van der Waals surface area contributed by atoms with E-state index in [2.05, 4.69) is 57.8 Å². The van der Waals surface area contributed by atoms with Gasteiger partial charge >= 0.3 is 0 Å². The van der Waals surface area contributed by atoms with Gasteiger partial charge in [-0.1, -0.05) is 32.4 Å². The van der Waals surface area contributed by atoms with Gasteiger partial charge in [0.15, 0.2) is 0 Å². The van der Waals surface area contributed by atoms with Gasteiger partial charge in [-0.3, -0.25) is 0 Å². The van der Waals surface area contributed by atoms with Gasteiger partial charge in [0.1, 0.15) is 5.76 Å². The second-order valence-corrected chi connectivity index (χ2v) is 7.89. The first-order chi connectivity index (χ1) is 9.77. The van der Waals surface area contributed by atoms with Gasteiger partial charge in [-0.25, -0.2) is 0 Å². The third kappa shape index (κ3) is 4.33. The molecule has 1 fully saturated rings. The molecule has 2 aliphatic rings. The quantitative estimate of drug-likeness (QED) is 0.783. The minimum Gasteiger partial charge on any atom is -0.410 e. The zero-order valence-electron chi connectivity index (χ0n) is 14.7. The number of hydrogen-bond acceptors (Lipinski definition) is 3. The zero-order valence-corrected chi connectivity index (χ0v) is 14.7. The average molecular weight is 292 g/mol. The van der Waals surface area contributed by atoms with Crippen LogP contribution in [0.1, 0.15) is 47.0 Å². The standard InChI is InChI=1S/C18H32N2O/c1-14-12-15-8-11-20(10-7-9-19(5)6)21-17(15)16(13-14)18(2,3)4/h13,15H,7-12H2,1-6H3. The van der Waals surface area contributed by atoms with Gasteiger partial charge in [0.2, 0.25) is 0 Å². The fourth-order valence-electron chi connectivity index (χ4n) is 3.23. The van der Waals surface area contributed by atoms with E-state index in [4.69, 9.17) is 4.84 Å². The lowest BCUT2D eigenvalue weighted by Gasteiger charge is -2.40. The van der Waals surface area contributed by atoms with E-state index < -0.39 is 0 Å². The molecular formula is C18H32N2O. The van der Waals surface area contributed by atoms with E-state index in [0.717, 1.165) is 26.1 Å². The van der Waals surface area contributed by atoms with Gasteiger partial charge in [0.05, 0.1) is 0 Å². The van der Waals surface area contributed by atoms with E-state index in [-0.39, 0.29) is 5.41 Å². The summed E-state index contributed by atoms with van der Waals surface area (Å²) in [5, 5.41) is 2.18. The predicted octanol–water partition coefficient (Wildman–Crippen LogP) is 3.84. The van der Waals surface area contributed by atoms with Crippen molar-refractivity contribution in [3.05, 3.63) is 23.0 Å². The molecule has 0 aromatic carbocycles. The number of nitrogens with zero attached hydrogens (tertiary/aromatic N) is 2. The molecule has 0 spiro atoms. The maximum atomic E-state index is 6.31. The molecule has 3 nitrogen and oxygen atoms in total. The molecule has 1 aliphatic carbocycles. The van der Waals surface area contributed by atoms with Crippen LogP contribution in [0.2, 0.25) is 0 Å². The van der Waals surface area contributed by atoms with Crippen LogP contribution in [0, 0.1) is 11.3 Å². The summed E-state index contributed by atoms with van der Waals surface area (Å²) in [6.45, 7) is 12.3. The smallest absolute Gasteiger partial charge is 0.131 e. The second kappa shape index (κ2) is 6.53. The fourth-order valence-corrected chi connectivity index (χ4v) is 3.23. The highest BCUT2D eigenvalue weighted by Crippen LogP contribution is 2.42. The van der Waals surface area contributed by atoms with E-state index in [9.17, 15) is 0 Å². The molecule has 1 saturated heterocycles. The van der Waals surface area contributed by atoms with Crippen molar-refractivity contribution in [2.45, 2.75) is 47.0 Å². The van der Waals surface area contributed by atoms with E-state index in [1.807, 2.05) is 0 Å². The largest absolute Gasteiger partial charge is 0.410 e. The molecule has 21 heavy (non-hydrogen) atoms. The third-order valence-corrected chi connectivity index (χ3v) is 4.37. The van der Waals surface area contributed by atoms with Crippen molar-refractivity contribution >= 4 is 0 Å². The molecule has 1 heterocycles. The highest BCUT2D eigenvalue weighted by atomic mass is 16.7. The van der Waals surface area contributed by atoms with Crippen LogP contribution in [-0.4, -0.2) is 43.7 Å². The van der Waals surface area contributed by atoms with Crippen LogP contribution in [0.5, 0.6) is 0 Å². The number of allylic oxidation sites excluding steroid dienone is 4. The summed E-state index contributed by atoms with van der Waals surface area (Å²) in [5.41, 5.74) is 3.05. The van der Waals surface area contributed by atoms with Crippen LogP contribution in [0.3, 0.4) is 0 Å². The van der Waals surface area contributed by atoms with Crippen molar-refractivity contribution in [2.24, 2.45) is 11.3 Å². The summed E-state index contributed by atoms with van der Waals surface area (Å²) in [6, 6.07) is 0. The first kappa shape index (κ1) is 16.6. The number of fused-ring (bicyclic) bond motifs is 1. The van der Waals surface area contributed by atoms with Crippen LogP contribution >= 0.6 is 0 Å². The van der Waals surface area contributed by atoms with Crippen LogP contribution in [-0.2, 0) is 4.84 Å². The first-order valence-corrected chi connectivity index (χ1v) is 8.27. The molecule has 1 atom stereocenters. The second-order valence-electron chi connectivity index (χ2n) is 7.89. The van der Waals surface area contributed by atoms with Gasteiger partial charge in [-0.2, -0.15) is 0 Å². The molecule has 3 heteroatoms. The van der Waals surface area contributed by atoms with Crippen LogP contribution in [0.25, 0.3) is 0 Å². The highest BCUT2D eigenvalue weighted by Gasteiger charge is 2.34. The Morgan fingerprint density at radius 3 is 2.67 bits per heavy atom. The molecule has 0 amide bonds. The zero-order chi connectivity index (χ0) is 15.6. The summed E-state index contributed by atoms with van der Waals surface area (Å²) in [5.74, 6) is 1.83. The molecule has 120 valence electrons. The van der Waals surface area contributed by atoms with E-state index in [0.29, 0.717) is 5.92 Å². The maximum absolute atomic E-state index is 6.31. The van der Waals surface area contributed by atoms with Gasteiger partial charge in [0, 0.05) is 19.0 Å². The lowest BCUT2D eigenvalue weighted by molar-refractivity contribution is -0.157. The Kier molecular flexibility index (Phi) is 5.15. The van der Waals surface area contributed by atoms with Gasteiger partial charge in [-0.05, 0) is 57.8 Å². The number of rotatable bonds is 4. The minimum absolute atomic E-state index is 0.155. The highest BCUT2D eigenvalue weighted by molar-refractivity contribution is 5.36. The maximum Gasteiger partial charge on any atom is 0.131 e. The van der Waals surface area contributed by atoms with Crippen LogP contribution in [0.4, 0.5) is 0 Å². The molecule has 1 aliphatic heterocycles. The number of hydrogen-bond donors (Lipinski definition) is 0. The monoisotopic (exact) mass is 292 g/mol. The summed E-state index contributed by atoms with van der Waals surface area (Å²) < 4.78 is 0. The molecule has 2 rings (SSSR count). The Hall–Kier alpha value is -0.800.